The first kappa shape index (κ1) is 15.2. The van der Waals surface area contributed by atoms with Crippen LogP contribution in [0, 0.1) is 10.1 Å². The van der Waals surface area contributed by atoms with Crippen molar-refractivity contribution >= 4 is 17.9 Å². The zero-order valence-electron chi connectivity index (χ0n) is 10.7. The predicted octanol–water partition coefficient (Wildman–Crippen LogP) is 0.239. The molecule has 4 N–H and O–H groups in total. The Hall–Kier alpha value is -2.88. The van der Waals surface area contributed by atoms with Gasteiger partial charge in [-0.2, -0.15) is 5.10 Å². The van der Waals surface area contributed by atoms with E-state index in [4.69, 9.17) is 20.4 Å². The van der Waals surface area contributed by atoms with E-state index in [0.717, 1.165) is 0 Å². The van der Waals surface area contributed by atoms with Crippen molar-refractivity contribution < 1.29 is 19.6 Å². The first-order chi connectivity index (χ1) is 9.53. The fourth-order valence-corrected chi connectivity index (χ4v) is 1.36. The van der Waals surface area contributed by atoms with Crippen molar-refractivity contribution in [3.8, 4) is 11.5 Å². The van der Waals surface area contributed by atoms with E-state index in [9.17, 15) is 10.1 Å². The molecule has 0 amide bonds. The van der Waals surface area contributed by atoms with Crippen LogP contribution in [0.2, 0.25) is 0 Å². The summed E-state index contributed by atoms with van der Waals surface area (Å²) in [5, 5.41) is 26.2. The third-order valence-electron chi connectivity index (χ3n) is 2.18. The Bertz CT molecular complexity index is 557. The molecule has 10 nitrogen and oxygen atoms in total. The summed E-state index contributed by atoms with van der Waals surface area (Å²) in [5.74, 6) is 0.102. The highest BCUT2D eigenvalue weighted by Gasteiger charge is 2.16. The number of methoxy groups -OCH3 is 2. The van der Waals surface area contributed by atoms with Gasteiger partial charge in [0.25, 0.3) is 5.69 Å². The van der Waals surface area contributed by atoms with Crippen LogP contribution < -0.4 is 20.7 Å². The highest BCUT2D eigenvalue weighted by Crippen LogP contribution is 2.34. The number of rotatable bonds is 5. The molecule has 0 saturated heterocycles. The molecule has 0 radical (unpaired) electrons. The molecule has 10 heteroatoms. The van der Waals surface area contributed by atoms with Crippen LogP contribution in [0.1, 0.15) is 5.56 Å². The van der Waals surface area contributed by atoms with Gasteiger partial charge in [0.1, 0.15) is 0 Å². The number of benzene rings is 1. The van der Waals surface area contributed by atoms with Crippen LogP contribution in [0.4, 0.5) is 5.69 Å². The SMILES string of the molecule is COc1cc([N+](=O)[O-])cc(/C=N/N=C(/N)NO)c1OC. The summed E-state index contributed by atoms with van der Waals surface area (Å²) in [6, 6.07) is 2.46. The minimum absolute atomic E-state index is 0.181. The molecule has 1 aromatic carbocycles. The number of ether oxygens (including phenoxy) is 2. The smallest absolute Gasteiger partial charge is 0.274 e. The maximum atomic E-state index is 10.8. The number of nitro groups is 1. The second-order valence-corrected chi connectivity index (χ2v) is 3.37. The van der Waals surface area contributed by atoms with E-state index in [-0.39, 0.29) is 28.7 Å². The molecule has 0 aliphatic heterocycles. The van der Waals surface area contributed by atoms with E-state index >= 15 is 0 Å². The summed E-state index contributed by atoms with van der Waals surface area (Å²) >= 11 is 0. The van der Waals surface area contributed by atoms with Gasteiger partial charge in [-0.05, 0) is 0 Å². The Balaban J connectivity index is 3.28. The monoisotopic (exact) mass is 283 g/mol. The van der Waals surface area contributed by atoms with Gasteiger partial charge in [0.2, 0.25) is 5.96 Å². The average molecular weight is 283 g/mol. The molecule has 0 bridgehead atoms. The van der Waals surface area contributed by atoms with Gasteiger partial charge in [-0.3, -0.25) is 15.3 Å². The molecule has 0 atom stereocenters. The Kier molecular flexibility index (Phi) is 5.23. The van der Waals surface area contributed by atoms with Crippen LogP contribution in [0.3, 0.4) is 0 Å². The Morgan fingerprint density at radius 3 is 2.70 bits per heavy atom. The highest BCUT2D eigenvalue weighted by molar-refractivity contribution is 5.87. The third-order valence-corrected chi connectivity index (χ3v) is 2.18. The molecule has 0 fully saturated rings. The van der Waals surface area contributed by atoms with E-state index in [1.165, 1.54) is 32.6 Å². The third kappa shape index (κ3) is 3.55. The molecular formula is C10H13N5O5. The maximum absolute atomic E-state index is 10.8. The van der Waals surface area contributed by atoms with Gasteiger partial charge >= 0.3 is 0 Å². The summed E-state index contributed by atoms with van der Waals surface area (Å²) in [4.78, 5) is 10.2. The fourth-order valence-electron chi connectivity index (χ4n) is 1.36. The van der Waals surface area contributed by atoms with Crippen molar-refractivity contribution in [3.05, 3.63) is 27.8 Å². The van der Waals surface area contributed by atoms with Gasteiger partial charge in [-0.1, -0.05) is 0 Å². The van der Waals surface area contributed by atoms with E-state index in [2.05, 4.69) is 10.2 Å². The standard InChI is InChI=1S/C10H13N5O5/c1-19-8-4-7(15(17)18)3-6(9(8)20-2)5-12-13-10(11)14-16/h3-5,16H,1-2H3,(H3,11,13,14)/b12-5+. The lowest BCUT2D eigenvalue weighted by molar-refractivity contribution is -0.385. The van der Waals surface area contributed by atoms with Crippen molar-refractivity contribution in [2.75, 3.05) is 14.2 Å². The lowest BCUT2D eigenvalue weighted by Gasteiger charge is -2.09. The second kappa shape index (κ2) is 6.89. The highest BCUT2D eigenvalue weighted by atomic mass is 16.6. The van der Waals surface area contributed by atoms with Crippen molar-refractivity contribution in [2.45, 2.75) is 0 Å². The number of hydroxylamine groups is 1. The molecule has 0 unspecified atom stereocenters. The average Bonchev–Trinajstić information content (AvgIpc) is 2.45. The number of nitrogens with two attached hydrogens (primary N) is 1. The van der Waals surface area contributed by atoms with Gasteiger partial charge in [0.15, 0.2) is 11.5 Å². The van der Waals surface area contributed by atoms with Crippen molar-refractivity contribution in [1.82, 2.24) is 5.48 Å². The topological polar surface area (TPSA) is 145 Å². The summed E-state index contributed by atoms with van der Waals surface area (Å²) in [7, 11) is 2.74. The summed E-state index contributed by atoms with van der Waals surface area (Å²) in [6.45, 7) is 0. The second-order valence-electron chi connectivity index (χ2n) is 3.37. The fraction of sp³-hybridized carbons (Fsp3) is 0.200. The first-order valence-corrected chi connectivity index (χ1v) is 5.20. The minimum Gasteiger partial charge on any atom is -0.493 e. The lowest BCUT2D eigenvalue weighted by atomic mass is 10.1. The van der Waals surface area contributed by atoms with Crippen LogP contribution >= 0.6 is 0 Å². The number of guanidine groups is 1. The van der Waals surface area contributed by atoms with Crippen LogP contribution in [-0.2, 0) is 0 Å². The van der Waals surface area contributed by atoms with Crippen LogP contribution in [0.25, 0.3) is 0 Å². The van der Waals surface area contributed by atoms with Gasteiger partial charge in [-0.15, -0.1) is 5.10 Å². The number of hydrogen-bond donors (Lipinski definition) is 3. The van der Waals surface area contributed by atoms with E-state index in [1.54, 1.807) is 5.48 Å². The van der Waals surface area contributed by atoms with Gasteiger partial charge < -0.3 is 15.2 Å². The molecule has 0 heterocycles. The predicted molar refractivity (Wildman–Crippen MR) is 70.3 cm³/mol. The van der Waals surface area contributed by atoms with Gasteiger partial charge in [0, 0.05) is 11.6 Å². The Morgan fingerprint density at radius 1 is 1.50 bits per heavy atom. The number of nitrogens with one attached hydrogen (secondary N) is 1. The van der Waals surface area contributed by atoms with Crippen LogP contribution in [-0.4, -0.2) is 36.5 Å². The molecule has 0 spiro atoms. The summed E-state index contributed by atoms with van der Waals surface area (Å²) in [5.41, 5.74) is 6.81. The zero-order valence-corrected chi connectivity index (χ0v) is 10.7. The number of nitro benzene ring substituents is 1. The van der Waals surface area contributed by atoms with Crippen molar-refractivity contribution in [1.29, 1.82) is 0 Å². The molecule has 0 aliphatic rings. The normalized spacial score (nSPS) is 11.4. The number of nitrogens with zero attached hydrogens (tertiary/aromatic N) is 3. The molecule has 1 aromatic rings. The largest absolute Gasteiger partial charge is 0.493 e. The zero-order chi connectivity index (χ0) is 15.1. The summed E-state index contributed by atoms with van der Waals surface area (Å²) in [6.07, 6.45) is 1.18. The Morgan fingerprint density at radius 2 is 2.20 bits per heavy atom. The Labute approximate surface area is 113 Å². The number of non-ortho nitro benzene ring substituents is 1. The van der Waals surface area contributed by atoms with Crippen LogP contribution in [0.5, 0.6) is 11.5 Å². The molecule has 0 aromatic heterocycles. The summed E-state index contributed by atoms with van der Waals surface area (Å²) < 4.78 is 10.1. The lowest BCUT2D eigenvalue weighted by Crippen LogP contribution is -2.27. The molecular weight excluding hydrogens is 270 g/mol. The van der Waals surface area contributed by atoms with Gasteiger partial charge in [0.05, 0.1) is 31.4 Å². The quantitative estimate of drug-likeness (QED) is 0.303. The first-order valence-electron chi connectivity index (χ1n) is 5.20. The molecule has 20 heavy (non-hydrogen) atoms. The van der Waals surface area contributed by atoms with Crippen molar-refractivity contribution in [3.63, 3.8) is 0 Å². The van der Waals surface area contributed by atoms with E-state index in [1.807, 2.05) is 0 Å². The van der Waals surface area contributed by atoms with Crippen LogP contribution in [0.15, 0.2) is 22.3 Å². The number of hydrogen-bond acceptors (Lipinski definition) is 7. The molecule has 0 saturated carbocycles. The van der Waals surface area contributed by atoms with Gasteiger partial charge in [-0.25, -0.2) is 5.48 Å². The molecule has 1 rings (SSSR count). The van der Waals surface area contributed by atoms with Crippen molar-refractivity contribution in [2.24, 2.45) is 15.9 Å². The molecule has 0 aliphatic carbocycles. The van der Waals surface area contributed by atoms with E-state index in [0.29, 0.717) is 0 Å². The maximum Gasteiger partial charge on any atom is 0.274 e. The molecule has 108 valence electrons. The van der Waals surface area contributed by atoms with E-state index < -0.39 is 4.92 Å². The minimum atomic E-state index is -0.577.